The molecule has 13 N–H and O–H groups in total. The molecule has 0 rings (SSSR count). The average molecular weight is 851 g/mol. The summed E-state index contributed by atoms with van der Waals surface area (Å²) < 4.78 is 15.0. The molecule has 0 fully saturated rings. The maximum atomic E-state index is 9.60. The molecule has 0 heterocycles. The second-order valence-corrected chi connectivity index (χ2v) is 10.7. The van der Waals surface area contributed by atoms with E-state index in [-0.39, 0.29) is 64.0 Å². The molecule has 0 aromatic carbocycles. The van der Waals surface area contributed by atoms with Gasteiger partial charge in [-0.05, 0) is 26.7 Å². The highest BCUT2D eigenvalue weighted by Crippen LogP contribution is 2.19. The third-order valence-corrected chi connectivity index (χ3v) is 5.98. The highest BCUT2D eigenvalue weighted by molar-refractivity contribution is 5.85. The fourth-order valence-electron chi connectivity index (χ4n) is 1.64. The number of aliphatic hydroxyl groups excluding tert-OH is 8. The summed E-state index contributed by atoms with van der Waals surface area (Å²) in [5, 5.41) is 107. The lowest BCUT2D eigenvalue weighted by Crippen LogP contribution is -2.32. The molecule has 0 aliphatic carbocycles. The molecule has 58 heavy (non-hydrogen) atoms. The largest absolute Gasteiger partial charge is 0.478 e. The van der Waals surface area contributed by atoms with E-state index in [0.29, 0.717) is 52.5 Å². The van der Waals surface area contributed by atoms with Crippen molar-refractivity contribution in [3.8, 4) is 0 Å². The van der Waals surface area contributed by atoms with E-state index in [2.05, 4.69) is 32.9 Å². The molecule has 21 nitrogen and oxygen atoms in total. The summed E-state index contributed by atoms with van der Waals surface area (Å²) in [5.74, 6) is -4.81. The van der Waals surface area contributed by atoms with Crippen LogP contribution >= 0.6 is 0 Å². The fourth-order valence-corrected chi connectivity index (χ4v) is 1.64. The normalized spacial score (nSPS) is 9.31. The van der Waals surface area contributed by atoms with Crippen molar-refractivity contribution in [1.29, 1.82) is 0 Å². The summed E-state index contributed by atoms with van der Waals surface area (Å²) >= 11 is 0. The van der Waals surface area contributed by atoms with Crippen LogP contribution in [0.25, 0.3) is 0 Å². The smallest absolute Gasteiger partial charge is 0.330 e. The highest BCUT2D eigenvalue weighted by atomic mass is 16.5. The van der Waals surface area contributed by atoms with E-state index in [1.165, 1.54) is 13.8 Å². The molecule has 21 heteroatoms. The van der Waals surface area contributed by atoms with Crippen molar-refractivity contribution in [2.75, 3.05) is 92.5 Å². The van der Waals surface area contributed by atoms with Crippen LogP contribution in [0.4, 0.5) is 0 Å². The van der Waals surface area contributed by atoms with Crippen LogP contribution in [-0.2, 0) is 38.2 Å². The summed E-state index contributed by atoms with van der Waals surface area (Å²) in [6.45, 7) is 23.6. The summed E-state index contributed by atoms with van der Waals surface area (Å²) in [6.07, 6.45) is 3.69. The third kappa shape index (κ3) is 69.5. The van der Waals surface area contributed by atoms with Crippen LogP contribution in [0.15, 0.2) is 62.3 Å². The van der Waals surface area contributed by atoms with Gasteiger partial charge in [-0.3, -0.25) is 0 Å². The van der Waals surface area contributed by atoms with Gasteiger partial charge in [-0.1, -0.05) is 46.7 Å². The van der Waals surface area contributed by atoms with E-state index in [0.717, 1.165) is 18.2 Å². The Morgan fingerprint density at radius 1 is 0.448 bits per heavy atom. The Labute approximate surface area is 340 Å². The van der Waals surface area contributed by atoms with Crippen LogP contribution in [0.3, 0.4) is 0 Å². The van der Waals surface area contributed by atoms with Crippen molar-refractivity contribution in [2.45, 2.75) is 40.5 Å². The standard InChI is InChI=1S/C8H18O5.2C6H14O3.2C4H6O2.3C3H4O2/c9-1-3-11-5-7-13-8-6-12-4-2-10;2*1-2-6(3-7,4-8)5-9;2*1-3(2)4(5)6;3*1-2-3(4)5/h9-10H,1-8H2;2*7-9H,2-5H2,1H3;2*1H2,2H3,(H,5,6);3*2H,1H2,(H,4,5). The summed E-state index contributed by atoms with van der Waals surface area (Å²) in [6, 6.07) is 0. The van der Waals surface area contributed by atoms with E-state index in [9.17, 15) is 24.0 Å². The zero-order valence-electron chi connectivity index (χ0n) is 34.2. The van der Waals surface area contributed by atoms with Crippen LogP contribution in [0, 0.1) is 10.8 Å². The van der Waals surface area contributed by atoms with Crippen LogP contribution in [0.2, 0.25) is 0 Å². The molecule has 0 atom stereocenters. The maximum Gasteiger partial charge on any atom is 0.330 e. The lowest BCUT2D eigenvalue weighted by Gasteiger charge is -2.24. The zero-order chi connectivity index (χ0) is 47.6. The minimum Gasteiger partial charge on any atom is -0.478 e. The lowest BCUT2D eigenvalue weighted by molar-refractivity contribution is -0.133. The van der Waals surface area contributed by atoms with E-state index >= 15 is 0 Å². The van der Waals surface area contributed by atoms with Crippen molar-refractivity contribution < 1.29 is 105 Å². The quantitative estimate of drug-likeness (QED) is 0.0468. The molecule has 0 aliphatic heterocycles. The number of hydrogen-bond donors (Lipinski definition) is 13. The Kier molecular flexibility index (Phi) is 67.3. The Morgan fingerprint density at radius 2 is 0.603 bits per heavy atom. The number of aliphatic carboxylic acids is 5. The molecule has 0 radical (unpaired) electrons. The van der Waals surface area contributed by atoms with Gasteiger partial charge in [0, 0.05) is 40.2 Å². The van der Waals surface area contributed by atoms with Crippen molar-refractivity contribution in [3.05, 3.63) is 62.3 Å². The topological polar surface area (TPSA) is 376 Å². The average Bonchev–Trinajstić information content (AvgIpc) is 3.21. The molecular weight excluding hydrogens is 780 g/mol. The van der Waals surface area contributed by atoms with Crippen LogP contribution < -0.4 is 0 Å². The molecule has 0 saturated heterocycles. The molecular formula is C37H70O21. The van der Waals surface area contributed by atoms with Gasteiger partial charge in [0.05, 0.1) is 92.5 Å². The molecule has 0 unspecified atom stereocenters. The van der Waals surface area contributed by atoms with Crippen molar-refractivity contribution in [3.63, 3.8) is 0 Å². The molecule has 344 valence electrons. The minimum atomic E-state index is -0.981. The molecule has 0 aliphatic rings. The number of hydrogen-bond acceptors (Lipinski definition) is 16. The van der Waals surface area contributed by atoms with Gasteiger partial charge in [-0.25, -0.2) is 24.0 Å². The number of carbonyl (C=O) groups is 5. The van der Waals surface area contributed by atoms with Crippen LogP contribution in [0.5, 0.6) is 0 Å². The second kappa shape index (κ2) is 54.7. The summed E-state index contributed by atoms with van der Waals surface area (Å²) in [4.78, 5) is 46.9. The number of carboxylic acid groups (broad SMARTS) is 5. The fraction of sp³-hybridized carbons (Fsp3) is 0.595. The molecule has 0 spiro atoms. The van der Waals surface area contributed by atoms with Crippen LogP contribution in [0.1, 0.15) is 40.5 Å². The Hall–Kier alpha value is -4.39. The van der Waals surface area contributed by atoms with Gasteiger partial charge in [0.1, 0.15) is 0 Å². The number of ether oxygens (including phenoxy) is 3. The number of carboxylic acids is 5. The zero-order valence-corrected chi connectivity index (χ0v) is 34.2. The van der Waals surface area contributed by atoms with Gasteiger partial charge < -0.3 is 80.6 Å². The molecule has 0 saturated carbocycles. The lowest BCUT2D eigenvalue weighted by atomic mass is 9.88. The van der Waals surface area contributed by atoms with E-state index < -0.39 is 40.7 Å². The summed E-state index contributed by atoms with van der Waals surface area (Å²) in [5.41, 5.74) is -0.981. The maximum absolute atomic E-state index is 9.60. The predicted octanol–water partition coefficient (Wildman–Crippen LogP) is -0.195. The Bertz CT molecular complexity index is 896. The Morgan fingerprint density at radius 3 is 0.672 bits per heavy atom. The van der Waals surface area contributed by atoms with Gasteiger partial charge >= 0.3 is 29.8 Å². The number of rotatable bonds is 23. The van der Waals surface area contributed by atoms with Gasteiger partial charge in [-0.15, -0.1) is 0 Å². The monoisotopic (exact) mass is 850 g/mol. The first-order valence-corrected chi connectivity index (χ1v) is 16.9. The van der Waals surface area contributed by atoms with Gasteiger partial charge in [0.15, 0.2) is 0 Å². The number of aliphatic hydroxyl groups is 8. The van der Waals surface area contributed by atoms with Gasteiger partial charge in [0.2, 0.25) is 0 Å². The van der Waals surface area contributed by atoms with Crippen LogP contribution in [-0.4, -0.2) is 189 Å². The highest BCUT2D eigenvalue weighted by Gasteiger charge is 2.25. The first-order valence-electron chi connectivity index (χ1n) is 16.9. The van der Waals surface area contributed by atoms with Crippen molar-refractivity contribution in [1.82, 2.24) is 0 Å². The predicted molar refractivity (Wildman–Crippen MR) is 213 cm³/mol. The third-order valence-electron chi connectivity index (χ3n) is 5.98. The van der Waals surface area contributed by atoms with E-state index in [4.69, 9.17) is 80.6 Å². The Balaban J connectivity index is -0.0000000843. The second-order valence-electron chi connectivity index (χ2n) is 10.7. The van der Waals surface area contributed by atoms with E-state index in [1.54, 1.807) is 0 Å². The van der Waals surface area contributed by atoms with Gasteiger partial charge in [-0.2, -0.15) is 0 Å². The van der Waals surface area contributed by atoms with E-state index in [1.807, 2.05) is 13.8 Å². The SMILES string of the molecule is C=C(C)C(=O)O.C=C(C)C(=O)O.C=CC(=O)O.C=CC(=O)O.C=CC(=O)O.CCC(CO)(CO)CO.CCC(CO)(CO)CO.OCCOCCOCCOCCO. The molecule has 0 bridgehead atoms. The first kappa shape index (κ1) is 71.3. The summed E-state index contributed by atoms with van der Waals surface area (Å²) in [7, 11) is 0. The molecule has 0 amide bonds. The first-order chi connectivity index (χ1) is 27.0. The molecule has 0 aromatic rings. The van der Waals surface area contributed by atoms with Crippen molar-refractivity contribution in [2.24, 2.45) is 10.8 Å². The van der Waals surface area contributed by atoms with Crippen molar-refractivity contribution >= 4 is 29.8 Å². The molecule has 0 aromatic heterocycles. The minimum absolute atomic E-state index is 0.0413. The van der Waals surface area contributed by atoms with Gasteiger partial charge in [0.25, 0.3) is 0 Å².